The maximum absolute atomic E-state index is 13.6. The average Bonchev–Trinajstić information content (AvgIpc) is 3.21. The van der Waals surface area contributed by atoms with Crippen LogP contribution >= 0.6 is 11.6 Å². The van der Waals surface area contributed by atoms with Crippen LogP contribution in [0.15, 0.2) is 72.8 Å². The lowest BCUT2D eigenvalue weighted by Gasteiger charge is -2.28. The lowest BCUT2D eigenvalue weighted by atomic mass is 10.1. The number of carbonyl (C=O) groups excluding carboxylic acids is 4. The molecule has 0 N–H and O–H groups in total. The lowest BCUT2D eigenvalue weighted by Crippen LogP contribution is -2.46. The standard InChI is InChI=1S/C28H25ClN2O6/c1-36-23-8-4-6-20(16-23)26(33)30(14-13-18-5-3-7-21(29)15-18)24-17-25(32)31(27(24)34)22-11-9-19(10-12-22)28(35)37-2/h3-12,15-16,24H,13-14,17H2,1-2H3. The van der Waals surface area contributed by atoms with Gasteiger partial charge in [0.05, 0.1) is 31.9 Å². The first-order chi connectivity index (χ1) is 17.8. The number of hydrogen-bond donors (Lipinski definition) is 0. The Bertz CT molecular complexity index is 1340. The van der Waals surface area contributed by atoms with Crippen molar-refractivity contribution in [2.24, 2.45) is 0 Å². The van der Waals surface area contributed by atoms with Crippen LogP contribution in [-0.4, -0.2) is 55.4 Å². The van der Waals surface area contributed by atoms with Crippen molar-refractivity contribution in [1.29, 1.82) is 0 Å². The second-order valence-electron chi connectivity index (χ2n) is 8.44. The molecular formula is C28H25ClN2O6. The minimum atomic E-state index is -0.995. The summed E-state index contributed by atoms with van der Waals surface area (Å²) in [6.45, 7) is 0.190. The number of anilines is 1. The Hall–Kier alpha value is -4.17. The first kappa shape index (κ1) is 25.9. The zero-order chi connectivity index (χ0) is 26.5. The summed E-state index contributed by atoms with van der Waals surface area (Å²) in [5, 5.41) is 0.567. The second kappa shape index (κ2) is 11.3. The average molecular weight is 521 g/mol. The molecule has 1 atom stereocenters. The Morgan fingerprint density at radius 3 is 2.38 bits per heavy atom. The van der Waals surface area contributed by atoms with Crippen LogP contribution in [0.3, 0.4) is 0 Å². The summed E-state index contributed by atoms with van der Waals surface area (Å²) in [6, 6.07) is 18.9. The molecule has 37 heavy (non-hydrogen) atoms. The molecule has 1 aliphatic rings. The SMILES string of the molecule is COC(=O)c1ccc(N2C(=O)CC(N(CCc3cccc(Cl)c3)C(=O)c3cccc(OC)c3)C2=O)cc1. The van der Waals surface area contributed by atoms with Gasteiger partial charge in [0, 0.05) is 17.1 Å². The van der Waals surface area contributed by atoms with E-state index in [0.29, 0.717) is 34.0 Å². The van der Waals surface area contributed by atoms with Crippen LogP contribution in [0.25, 0.3) is 0 Å². The fourth-order valence-electron chi connectivity index (χ4n) is 4.26. The van der Waals surface area contributed by atoms with E-state index in [1.165, 1.54) is 43.4 Å². The third-order valence-corrected chi connectivity index (χ3v) is 6.39. The number of esters is 1. The van der Waals surface area contributed by atoms with E-state index in [2.05, 4.69) is 0 Å². The molecule has 190 valence electrons. The van der Waals surface area contributed by atoms with Gasteiger partial charge in [-0.05, 0) is 66.6 Å². The highest BCUT2D eigenvalue weighted by molar-refractivity contribution is 6.30. The lowest BCUT2D eigenvalue weighted by molar-refractivity contribution is -0.122. The Morgan fingerprint density at radius 2 is 1.70 bits per heavy atom. The van der Waals surface area contributed by atoms with Gasteiger partial charge in [-0.1, -0.05) is 29.8 Å². The molecule has 1 fully saturated rings. The molecule has 0 radical (unpaired) electrons. The molecule has 1 unspecified atom stereocenters. The molecule has 1 saturated heterocycles. The molecule has 9 heteroatoms. The molecule has 8 nitrogen and oxygen atoms in total. The van der Waals surface area contributed by atoms with Gasteiger partial charge in [-0.3, -0.25) is 14.4 Å². The van der Waals surface area contributed by atoms with Crippen molar-refractivity contribution in [2.75, 3.05) is 25.7 Å². The van der Waals surface area contributed by atoms with Gasteiger partial charge >= 0.3 is 5.97 Å². The fraction of sp³-hybridized carbons (Fsp3) is 0.214. The Balaban J connectivity index is 1.63. The monoisotopic (exact) mass is 520 g/mol. The van der Waals surface area contributed by atoms with Gasteiger partial charge in [0.1, 0.15) is 11.8 Å². The van der Waals surface area contributed by atoms with Gasteiger partial charge in [-0.2, -0.15) is 0 Å². The summed E-state index contributed by atoms with van der Waals surface area (Å²) in [5.41, 5.74) is 1.83. The van der Waals surface area contributed by atoms with E-state index in [-0.39, 0.29) is 13.0 Å². The van der Waals surface area contributed by atoms with Crippen molar-refractivity contribution in [2.45, 2.75) is 18.9 Å². The minimum absolute atomic E-state index is 0.164. The van der Waals surface area contributed by atoms with Crippen molar-refractivity contribution < 1.29 is 28.7 Å². The Morgan fingerprint density at radius 1 is 0.973 bits per heavy atom. The van der Waals surface area contributed by atoms with E-state index >= 15 is 0 Å². The number of benzene rings is 3. The maximum atomic E-state index is 13.6. The van der Waals surface area contributed by atoms with Crippen LogP contribution in [0, 0.1) is 0 Å². The van der Waals surface area contributed by atoms with E-state index in [1.54, 1.807) is 36.4 Å². The number of halogens is 1. The minimum Gasteiger partial charge on any atom is -0.497 e. The number of ether oxygens (including phenoxy) is 2. The molecule has 4 rings (SSSR count). The van der Waals surface area contributed by atoms with Crippen LogP contribution in [-0.2, 0) is 20.7 Å². The fourth-order valence-corrected chi connectivity index (χ4v) is 4.47. The van der Waals surface area contributed by atoms with E-state index in [9.17, 15) is 19.2 Å². The normalized spacial score (nSPS) is 15.0. The van der Waals surface area contributed by atoms with E-state index in [0.717, 1.165) is 10.5 Å². The zero-order valence-corrected chi connectivity index (χ0v) is 21.1. The first-order valence-electron chi connectivity index (χ1n) is 11.6. The Labute approximate surface area is 219 Å². The number of nitrogens with zero attached hydrogens (tertiary/aromatic N) is 2. The summed E-state index contributed by atoms with van der Waals surface area (Å²) in [4.78, 5) is 54.4. The number of amides is 3. The second-order valence-corrected chi connectivity index (χ2v) is 8.87. The predicted octanol–water partition coefficient (Wildman–Crippen LogP) is 4.15. The Kier molecular flexibility index (Phi) is 7.89. The molecule has 0 saturated carbocycles. The van der Waals surface area contributed by atoms with Crippen LogP contribution in [0.1, 0.15) is 32.7 Å². The molecule has 0 bridgehead atoms. The highest BCUT2D eigenvalue weighted by atomic mass is 35.5. The van der Waals surface area contributed by atoms with E-state index in [1.807, 2.05) is 12.1 Å². The van der Waals surface area contributed by atoms with Gasteiger partial charge < -0.3 is 14.4 Å². The molecule has 0 aliphatic carbocycles. The quantitative estimate of drug-likeness (QED) is 0.327. The van der Waals surface area contributed by atoms with Crippen molar-refractivity contribution >= 4 is 41.0 Å². The van der Waals surface area contributed by atoms with Gasteiger partial charge in [-0.15, -0.1) is 0 Å². The highest BCUT2D eigenvalue weighted by Gasteiger charge is 2.44. The maximum Gasteiger partial charge on any atom is 0.337 e. The topological polar surface area (TPSA) is 93.2 Å². The molecular weight excluding hydrogens is 496 g/mol. The molecule has 3 aromatic rings. The number of hydrogen-bond acceptors (Lipinski definition) is 6. The number of imide groups is 1. The molecule has 0 spiro atoms. The van der Waals surface area contributed by atoms with E-state index < -0.39 is 29.7 Å². The largest absolute Gasteiger partial charge is 0.497 e. The van der Waals surface area contributed by atoms with Crippen LogP contribution < -0.4 is 9.64 Å². The number of methoxy groups -OCH3 is 2. The zero-order valence-electron chi connectivity index (χ0n) is 20.3. The first-order valence-corrected chi connectivity index (χ1v) is 11.9. The summed E-state index contributed by atoms with van der Waals surface area (Å²) < 4.78 is 9.95. The molecule has 1 heterocycles. The van der Waals surface area contributed by atoms with Crippen molar-refractivity contribution in [3.8, 4) is 5.75 Å². The molecule has 1 aliphatic heterocycles. The third kappa shape index (κ3) is 5.65. The van der Waals surface area contributed by atoms with Gasteiger partial charge in [-0.25, -0.2) is 9.69 Å². The summed E-state index contributed by atoms with van der Waals surface area (Å²) in [7, 11) is 2.77. The number of carbonyl (C=O) groups is 4. The smallest absolute Gasteiger partial charge is 0.337 e. The van der Waals surface area contributed by atoms with Crippen LogP contribution in [0.4, 0.5) is 5.69 Å². The van der Waals surface area contributed by atoms with Gasteiger partial charge in [0.2, 0.25) is 5.91 Å². The summed E-state index contributed by atoms with van der Waals surface area (Å²) in [6.07, 6.45) is 0.269. The molecule has 0 aromatic heterocycles. The van der Waals surface area contributed by atoms with E-state index in [4.69, 9.17) is 21.1 Å². The van der Waals surface area contributed by atoms with Gasteiger partial charge in [0.25, 0.3) is 11.8 Å². The summed E-state index contributed by atoms with van der Waals surface area (Å²) >= 11 is 6.12. The predicted molar refractivity (Wildman–Crippen MR) is 138 cm³/mol. The van der Waals surface area contributed by atoms with Crippen molar-refractivity contribution in [3.63, 3.8) is 0 Å². The number of rotatable bonds is 8. The summed E-state index contributed by atoms with van der Waals surface area (Å²) in [5.74, 6) is -1.37. The van der Waals surface area contributed by atoms with Crippen molar-refractivity contribution in [3.05, 3.63) is 94.5 Å². The van der Waals surface area contributed by atoms with Crippen LogP contribution in [0.5, 0.6) is 5.75 Å². The third-order valence-electron chi connectivity index (χ3n) is 6.15. The van der Waals surface area contributed by atoms with Gasteiger partial charge in [0.15, 0.2) is 0 Å². The van der Waals surface area contributed by atoms with Crippen LogP contribution in [0.2, 0.25) is 5.02 Å². The van der Waals surface area contributed by atoms with Crippen molar-refractivity contribution in [1.82, 2.24) is 4.90 Å². The molecule has 3 amide bonds. The molecule has 3 aromatic carbocycles. The highest BCUT2D eigenvalue weighted by Crippen LogP contribution is 2.28.